The number of benzene rings is 1. The van der Waals surface area contributed by atoms with E-state index in [1.807, 2.05) is 80.6 Å². The van der Waals surface area contributed by atoms with E-state index < -0.39 is 32.5 Å². The SMILES string of the molecule is CCOC(=O)c1cc2cccnc2s1.CCOP(=O)(Cc1cc2cccnc2s1)OCC.CCOP(=O)(OCC)C(Cc1ccc(F)c(F)c1)c1sc2ncccc2c1Br.O=Cc1cccnc1Cl.OCc1cc2cccnc2s1. The number of carbonyl (C=O) groups is 2. The van der Waals surface area contributed by atoms with Crippen LogP contribution in [0.2, 0.25) is 5.15 Å². The zero-order valence-electron chi connectivity index (χ0n) is 43.8. The van der Waals surface area contributed by atoms with E-state index in [0.29, 0.717) is 48.3 Å². The van der Waals surface area contributed by atoms with Gasteiger partial charge in [0, 0.05) is 71.6 Å². The van der Waals surface area contributed by atoms with Gasteiger partial charge in [-0.25, -0.2) is 38.5 Å². The maximum atomic E-state index is 13.7. The van der Waals surface area contributed by atoms with Gasteiger partial charge in [0.1, 0.15) is 35.0 Å². The van der Waals surface area contributed by atoms with Crippen LogP contribution in [0.5, 0.6) is 0 Å². The van der Waals surface area contributed by atoms with Crippen LogP contribution in [-0.2, 0) is 51.2 Å². The van der Waals surface area contributed by atoms with Crippen molar-refractivity contribution in [3.05, 3.63) is 180 Å². The van der Waals surface area contributed by atoms with Crippen LogP contribution in [0.4, 0.5) is 8.78 Å². The minimum absolute atomic E-state index is 0.112. The van der Waals surface area contributed by atoms with E-state index in [-0.39, 0.29) is 37.4 Å². The molecule has 0 saturated carbocycles. The minimum Gasteiger partial charge on any atom is -0.462 e. The average Bonchev–Trinajstić information content (AvgIpc) is 4.27. The first kappa shape index (κ1) is 64.0. The number of hydrogen-bond donors (Lipinski definition) is 1. The van der Waals surface area contributed by atoms with Gasteiger partial charge in [-0.1, -0.05) is 35.9 Å². The highest BCUT2D eigenvalue weighted by atomic mass is 79.9. The van der Waals surface area contributed by atoms with Gasteiger partial charge in [0.25, 0.3) is 0 Å². The van der Waals surface area contributed by atoms with E-state index in [9.17, 15) is 27.5 Å². The lowest BCUT2D eigenvalue weighted by Crippen LogP contribution is -2.09. The van der Waals surface area contributed by atoms with Crippen molar-refractivity contribution in [1.29, 1.82) is 0 Å². The highest BCUT2D eigenvalue weighted by molar-refractivity contribution is 9.10. The van der Waals surface area contributed by atoms with Gasteiger partial charge in [0.05, 0.1) is 51.4 Å². The van der Waals surface area contributed by atoms with Gasteiger partial charge in [0.2, 0.25) is 0 Å². The molecule has 15 nitrogen and oxygen atoms in total. The lowest BCUT2D eigenvalue weighted by atomic mass is 10.1. The topological polar surface area (TPSA) is 199 Å². The molecule has 80 heavy (non-hydrogen) atoms. The van der Waals surface area contributed by atoms with E-state index in [1.165, 1.54) is 57.6 Å². The van der Waals surface area contributed by atoms with Crippen molar-refractivity contribution < 1.29 is 55.4 Å². The van der Waals surface area contributed by atoms with Crippen molar-refractivity contribution in [2.24, 2.45) is 0 Å². The maximum Gasteiger partial charge on any atom is 0.348 e. The number of pyridine rings is 5. The number of fused-ring (bicyclic) bond motifs is 4. The number of aromatic nitrogens is 5. The predicted octanol–water partition coefficient (Wildman–Crippen LogP) is 16.8. The third-order valence-electron chi connectivity index (χ3n) is 10.7. The summed E-state index contributed by atoms with van der Waals surface area (Å²) in [7, 11) is -6.60. The van der Waals surface area contributed by atoms with Crippen LogP contribution in [0, 0.1) is 11.6 Å². The molecule has 422 valence electrons. The van der Waals surface area contributed by atoms with Crippen molar-refractivity contribution in [3.63, 3.8) is 0 Å². The normalized spacial score (nSPS) is 11.6. The summed E-state index contributed by atoms with van der Waals surface area (Å²) in [5.74, 6) is -2.14. The number of ether oxygens (including phenoxy) is 1. The van der Waals surface area contributed by atoms with Gasteiger partial charge in [-0.15, -0.1) is 45.3 Å². The Morgan fingerprint density at radius 3 is 1.68 bits per heavy atom. The zero-order valence-corrected chi connectivity index (χ0v) is 51.2. The summed E-state index contributed by atoms with van der Waals surface area (Å²) in [6.07, 6.45) is 9.62. The maximum absolute atomic E-state index is 13.7. The number of thiophene rings is 4. The molecule has 0 fully saturated rings. The predicted molar refractivity (Wildman–Crippen MR) is 321 cm³/mol. The third-order valence-corrected chi connectivity index (χ3v) is 21.3. The lowest BCUT2D eigenvalue weighted by Gasteiger charge is -2.26. The second-order valence-corrected chi connectivity index (χ2v) is 25.9. The van der Waals surface area contributed by atoms with Gasteiger partial charge in [-0.2, -0.15) is 0 Å². The molecule has 10 aromatic rings. The van der Waals surface area contributed by atoms with E-state index >= 15 is 0 Å². The molecule has 0 radical (unpaired) electrons. The summed E-state index contributed by atoms with van der Waals surface area (Å²) in [6.45, 7) is 10.6. The molecule has 1 atom stereocenters. The summed E-state index contributed by atoms with van der Waals surface area (Å²) < 4.78 is 80.6. The first-order chi connectivity index (χ1) is 38.6. The van der Waals surface area contributed by atoms with Crippen molar-refractivity contribution >= 4 is 141 Å². The fraction of sp³-hybridized carbons (Fsp3) is 0.255. The molecular formula is C55H55BrClF2N5O10P2S4. The Bertz CT molecular complexity index is 3600. The smallest absolute Gasteiger partial charge is 0.348 e. The average molecular weight is 1290 g/mol. The number of nitrogens with zero attached hydrogens (tertiary/aromatic N) is 5. The Kier molecular flexibility index (Phi) is 25.5. The lowest BCUT2D eigenvalue weighted by molar-refractivity contribution is 0.0532. The summed E-state index contributed by atoms with van der Waals surface area (Å²) in [5, 5.41) is 13.1. The summed E-state index contributed by atoms with van der Waals surface area (Å²) in [5.41, 5.74) is 0.242. The number of rotatable bonds is 18. The molecule has 0 aliphatic carbocycles. The van der Waals surface area contributed by atoms with Crippen LogP contribution in [0.15, 0.2) is 133 Å². The number of aliphatic hydroxyl groups is 1. The fourth-order valence-corrected chi connectivity index (χ4v) is 17.0. The Labute approximate surface area is 490 Å². The standard InChI is InChI=1S/C19H19BrF2NO3PS.C12H16NO3PS.C10H9NO2S.C8H7NOS.C6H4ClNO/c1-3-25-27(24,26-4-2)16(11-12-7-8-14(21)15(22)10-12)18-17(20)13-6-5-9-23-19(13)28-18;1-3-15-17(14,16-4-2)9-11-8-10-6-5-7-13-12(10)18-11;1-2-13-10(12)8-6-7-4-3-5-11-9(7)14-8;10-5-7-4-6-2-1-3-9-8(6)11-7;7-6-5(4-9)2-1-3-8-6/h5-10,16H,3-4,11H2,1-2H3;5-8H,3-4,9H2,1-2H3;3-6H,2H2,1H3;1-4,10H,5H2;1-4H. The van der Waals surface area contributed by atoms with Crippen LogP contribution >= 0.6 is 88.1 Å². The number of halogens is 4. The molecule has 25 heteroatoms. The highest BCUT2D eigenvalue weighted by Crippen LogP contribution is 2.64. The summed E-state index contributed by atoms with van der Waals surface area (Å²) in [6, 6.07) is 28.0. The molecule has 0 bridgehead atoms. The van der Waals surface area contributed by atoms with E-state index in [0.717, 1.165) is 72.1 Å². The van der Waals surface area contributed by atoms with Gasteiger partial charge < -0.3 is 27.9 Å². The molecule has 9 heterocycles. The Balaban J connectivity index is 0.000000171. The molecule has 1 aromatic carbocycles. The Hall–Kier alpha value is -5.16. The molecule has 1 unspecified atom stereocenters. The van der Waals surface area contributed by atoms with Crippen molar-refractivity contribution in [2.45, 2.75) is 59.5 Å². The fourth-order valence-electron chi connectivity index (χ4n) is 7.33. The quantitative estimate of drug-likeness (QED) is 0.0368. The van der Waals surface area contributed by atoms with Crippen molar-refractivity contribution in [1.82, 2.24) is 24.9 Å². The molecule has 0 spiro atoms. The molecule has 0 aliphatic rings. The van der Waals surface area contributed by atoms with Crippen molar-refractivity contribution in [2.75, 3.05) is 33.0 Å². The van der Waals surface area contributed by atoms with Gasteiger partial charge >= 0.3 is 21.2 Å². The van der Waals surface area contributed by atoms with E-state index in [4.69, 9.17) is 39.5 Å². The van der Waals surface area contributed by atoms with Crippen molar-refractivity contribution in [3.8, 4) is 0 Å². The molecule has 9 aromatic heterocycles. The second kappa shape index (κ2) is 31.9. The molecule has 0 aliphatic heterocycles. The zero-order chi connectivity index (χ0) is 57.7. The molecule has 0 amide bonds. The van der Waals surface area contributed by atoms with Crippen LogP contribution < -0.4 is 0 Å². The van der Waals surface area contributed by atoms with Gasteiger partial charge in [-0.05, 0) is 135 Å². The monoisotopic (exact) mass is 1290 g/mol. The first-order valence-electron chi connectivity index (χ1n) is 24.7. The number of esters is 1. The molecular weight excluding hydrogens is 1230 g/mol. The second-order valence-electron chi connectivity index (χ2n) is 16.2. The Morgan fingerprint density at radius 2 is 1.18 bits per heavy atom. The summed E-state index contributed by atoms with van der Waals surface area (Å²) in [4.78, 5) is 49.0. The number of hydrogen-bond acceptors (Lipinski definition) is 19. The minimum atomic E-state index is -3.59. The van der Waals surface area contributed by atoms with E-state index in [1.54, 1.807) is 57.7 Å². The van der Waals surface area contributed by atoms with E-state index in [2.05, 4.69) is 40.8 Å². The van der Waals surface area contributed by atoms with Crippen LogP contribution in [0.25, 0.3) is 40.9 Å². The first-order valence-corrected chi connectivity index (χ1v) is 32.5. The number of carbonyl (C=O) groups excluding carboxylic acids is 2. The largest absolute Gasteiger partial charge is 0.462 e. The van der Waals surface area contributed by atoms with Crippen LogP contribution in [-0.4, -0.2) is 75.3 Å². The van der Waals surface area contributed by atoms with Gasteiger partial charge in [0.15, 0.2) is 17.9 Å². The molecule has 0 saturated heterocycles. The molecule has 1 N–H and O–H groups in total. The number of aldehydes is 1. The number of aliphatic hydroxyl groups excluding tert-OH is 1. The molecule has 10 rings (SSSR count). The highest BCUT2D eigenvalue weighted by Gasteiger charge is 2.40. The summed E-state index contributed by atoms with van der Waals surface area (Å²) >= 11 is 14.9. The van der Waals surface area contributed by atoms with Crippen LogP contribution in [0.3, 0.4) is 0 Å². The van der Waals surface area contributed by atoms with Gasteiger partial charge in [-0.3, -0.25) is 13.9 Å². The third kappa shape index (κ3) is 17.9. The van der Waals surface area contributed by atoms with Crippen LogP contribution in [0.1, 0.15) is 80.5 Å². The Morgan fingerprint density at radius 1 is 0.650 bits per heavy atom.